The second kappa shape index (κ2) is 5.19. The molecule has 5 heteroatoms. The van der Waals surface area contributed by atoms with Crippen molar-refractivity contribution in [3.8, 4) is 0 Å². The molecule has 1 heterocycles. The summed E-state index contributed by atoms with van der Waals surface area (Å²) in [5, 5.41) is 7.89. The molecule has 16 heavy (non-hydrogen) atoms. The van der Waals surface area contributed by atoms with Gasteiger partial charge in [-0.25, -0.2) is 4.98 Å². The first-order valence-corrected chi connectivity index (χ1v) is 6.73. The number of aromatic amines is 1. The molecule has 0 aliphatic heterocycles. The summed E-state index contributed by atoms with van der Waals surface area (Å²) in [6, 6.07) is 0. The molecule has 90 valence electrons. The van der Waals surface area contributed by atoms with E-state index in [-0.39, 0.29) is 0 Å². The van der Waals surface area contributed by atoms with E-state index in [4.69, 9.17) is 4.74 Å². The Morgan fingerprint density at radius 3 is 2.75 bits per heavy atom. The molecule has 0 bridgehead atoms. The van der Waals surface area contributed by atoms with Gasteiger partial charge in [0.1, 0.15) is 5.82 Å². The molecule has 0 unspecified atom stereocenters. The van der Waals surface area contributed by atoms with Gasteiger partial charge in [0.25, 0.3) is 0 Å². The van der Waals surface area contributed by atoms with Crippen LogP contribution in [0.25, 0.3) is 0 Å². The van der Waals surface area contributed by atoms with E-state index in [0.29, 0.717) is 5.41 Å². The van der Waals surface area contributed by atoms with Gasteiger partial charge in [0.15, 0.2) is 0 Å². The van der Waals surface area contributed by atoms with Crippen LogP contribution in [0.3, 0.4) is 0 Å². The smallest absolute Gasteiger partial charge is 0.208 e. The molecule has 0 aromatic carbocycles. The highest BCUT2D eigenvalue weighted by Crippen LogP contribution is 2.41. The predicted molar refractivity (Wildman–Crippen MR) is 64.6 cm³/mol. The number of nitrogens with one attached hydrogen (secondary N) is 1. The highest BCUT2D eigenvalue weighted by molar-refractivity contribution is 7.99. The number of aryl methyl sites for hydroxylation is 1. The Morgan fingerprint density at radius 2 is 2.19 bits per heavy atom. The second-order valence-corrected chi connectivity index (χ2v) is 5.57. The van der Waals surface area contributed by atoms with Gasteiger partial charge in [0, 0.05) is 18.3 Å². The van der Waals surface area contributed by atoms with E-state index in [9.17, 15) is 0 Å². The minimum absolute atomic E-state index is 0.355. The lowest BCUT2D eigenvalue weighted by Crippen LogP contribution is -2.25. The number of hydrogen-bond donors (Lipinski definition) is 1. The Labute approximate surface area is 101 Å². The molecule has 1 fully saturated rings. The van der Waals surface area contributed by atoms with Crippen molar-refractivity contribution in [1.29, 1.82) is 0 Å². The first kappa shape index (κ1) is 11.9. The summed E-state index contributed by atoms with van der Waals surface area (Å²) >= 11 is 1.74. The van der Waals surface area contributed by atoms with Crippen molar-refractivity contribution in [2.45, 2.75) is 37.8 Å². The van der Waals surface area contributed by atoms with Crippen molar-refractivity contribution in [2.24, 2.45) is 5.41 Å². The van der Waals surface area contributed by atoms with Crippen molar-refractivity contribution < 1.29 is 4.74 Å². The Bertz CT molecular complexity index is 334. The minimum Gasteiger partial charge on any atom is -0.384 e. The van der Waals surface area contributed by atoms with Crippen LogP contribution in [0.2, 0.25) is 0 Å². The third-order valence-electron chi connectivity index (χ3n) is 3.20. The first-order valence-electron chi connectivity index (χ1n) is 5.75. The third kappa shape index (κ3) is 2.77. The van der Waals surface area contributed by atoms with Crippen LogP contribution in [-0.2, 0) is 4.74 Å². The molecule has 1 N–H and O–H groups in total. The molecule has 1 aromatic heterocycles. The molecule has 1 saturated carbocycles. The third-order valence-corrected chi connectivity index (χ3v) is 4.40. The summed E-state index contributed by atoms with van der Waals surface area (Å²) in [7, 11) is 1.79. The number of H-pyrrole nitrogens is 1. The monoisotopic (exact) mass is 241 g/mol. The maximum absolute atomic E-state index is 5.36. The average molecular weight is 241 g/mol. The second-order valence-electron chi connectivity index (χ2n) is 4.63. The summed E-state index contributed by atoms with van der Waals surface area (Å²) in [6.45, 7) is 2.79. The molecule has 1 aliphatic carbocycles. The van der Waals surface area contributed by atoms with Crippen molar-refractivity contribution in [3.63, 3.8) is 0 Å². The van der Waals surface area contributed by atoms with Crippen LogP contribution >= 0.6 is 11.8 Å². The lowest BCUT2D eigenvalue weighted by Gasteiger charge is -2.26. The maximum atomic E-state index is 5.36. The average Bonchev–Trinajstić information content (AvgIpc) is 2.86. The quantitative estimate of drug-likeness (QED) is 0.804. The standard InChI is InChI=1S/C11H19N3OS/c1-9-12-10(14-13-9)16-8-11(7-15-2)5-3-4-6-11/h3-8H2,1-2H3,(H,12,13,14). The molecule has 4 nitrogen and oxygen atoms in total. The molecular formula is C11H19N3OS. The normalized spacial score (nSPS) is 19.1. The Balaban J connectivity index is 1.91. The van der Waals surface area contributed by atoms with Gasteiger partial charge < -0.3 is 4.74 Å². The van der Waals surface area contributed by atoms with E-state index in [1.807, 2.05) is 6.92 Å². The van der Waals surface area contributed by atoms with Gasteiger partial charge in [-0.1, -0.05) is 24.6 Å². The summed E-state index contributed by atoms with van der Waals surface area (Å²) in [6.07, 6.45) is 5.21. The van der Waals surface area contributed by atoms with Crippen molar-refractivity contribution >= 4 is 11.8 Å². The number of methoxy groups -OCH3 is 1. The largest absolute Gasteiger partial charge is 0.384 e. The number of aromatic nitrogens is 3. The summed E-state index contributed by atoms with van der Waals surface area (Å²) in [4.78, 5) is 4.32. The SMILES string of the molecule is COCC1(CSc2n[nH]c(C)n2)CCCC1. The van der Waals surface area contributed by atoms with Gasteiger partial charge in [-0.05, 0) is 19.8 Å². The van der Waals surface area contributed by atoms with E-state index in [1.54, 1.807) is 18.9 Å². The number of rotatable bonds is 5. The summed E-state index contributed by atoms with van der Waals surface area (Å²) in [5.74, 6) is 1.95. The number of thioether (sulfide) groups is 1. The van der Waals surface area contributed by atoms with Gasteiger partial charge in [0.05, 0.1) is 6.61 Å². The topological polar surface area (TPSA) is 50.8 Å². The highest BCUT2D eigenvalue weighted by atomic mass is 32.2. The summed E-state index contributed by atoms with van der Waals surface area (Å²) < 4.78 is 5.36. The van der Waals surface area contributed by atoms with Gasteiger partial charge in [-0.3, -0.25) is 5.10 Å². The molecule has 2 rings (SSSR count). The zero-order chi connectivity index (χ0) is 11.4. The molecule has 0 saturated heterocycles. The van der Waals surface area contributed by atoms with Crippen LogP contribution in [0, 0.1) is 12.3 Å². The first-order chi connectivity index (χ1) is 7.74. The molecule has 1 aromatic rings. The molecule has 1 aliphatic rings. The van der Waals surface area contributed by atoms with Crippen LogP contribution in [-0.4, -0.2) is 34.7 Å². The van der Waals surface area contributed by atoms with Gasteiger partial charge in [-0.2, -0.15) is 0 Å². The van der Waals surface area contributed by atoms with E-state index in [2.05, 4.69) is 15.2 Å². The molecule has 0 spiro atoms. The Morgan fingerprint density at radius 1 is 1.44 bits per heavy atom. The zero-order valence-electron chi connectivity index (χ0n) is 9.95. The van der Waals surface area contributed by atoms with Crippen LogP contribution in [0.5, 0.6) is 0 Å². The van der Waals surface area contributed by atoms with Gasteiger partial charge >= 0.3 is 0 Å². The van der Waals surface area contributed by atoms with Crippen LogP contribution in [0.4, 0.5) is 0 Å². The Hall–Kier alpha value is -0.550. The van der Waals surface area contributed by atoms with E-state index in [0.717, 1.165) is 23.3 Å². The van der Waals surface area contributed by atoms with Gasteiger partial charge in [0.2, 0.25) is 5.16 Å². The van der Waals surface area contributed by atoms with Crippen molar-refractivity contribution in [1.82, 2.24) is 15.2 Å². The Kier molecular flexibility index (Phi) is 3.86. The predicted octanol–water partition coefficient (Wildman–Crippen LogP) is 2.41. The van der Waals surface area contributed by atoms with Crippen molar-refractivity contribution in [2.75, 3.05) is 19.5 Å². The van der Waals surface area contributed by atoms with Crippen LogP contribution in [0.1, 0.15) is 31.5 Å². The number of nitrogens with zero attached hydrogens (tertiary/aromatic N) is 2. The molecule has 0 radical (unpaired) electrons. The molecule has 0 atom stereocenters. The van der Waals surface area contributed by atoms with Crippen molar-refractivity contribution in [3.05, 3.63) is 5.82 Å². The number of ether oxygens (including phenoxy) is 1. The van der Waals surface area contributed by atoms with Crippen LogP contribution < -0.4 is 0 Å². The molecule has 0 amide bonds. The maximum Gasteiger partial charge on any atom is 0.208 e. The van der Waals surface area contributed by atoms with E-state index in [1.165, 1.54) is 25.7 Å². The van der Waals surface area contributed by atoms with Gasteiger partial charge in [-0.15, -0.1) is 5.10 Å². The minimum atomic E-state index is 0.355. The fourth-order valence-corrected chi connectivity index (χ4v) is 3.48. The lowest BCUT2D eigenvalue weighted by molar-refractivity contribution is 0.0998. The molecular weight excluding hydrogens is 222 g/mol. The zero-order valence-corrected chi connectivity index (χ0v) is 10.8. The number of hydrogen-bond acceptors (Lipinski definition) is 4. The fourth-order valence-electron chi connectivity index (χ4n) is 2.37. The van der Waals surface area contributed by atoms with E-state index >= 15 is 0 Å². The van der Waals surface area contributed by atoms with Crippen LogP contribution in [0.15, 0.2) is 5.16 Å². The lowest BCUT2D eigenvalue weighted by atomic mass is 9.90. The van der Waals surface area contributed by atoms with E-state index < -0.39 is 0 Å². The highest BCUT2D eigenvalue weighted by Gasteiger charge is 2.34. The summed E-state index contributed by atoms with van der Waals surface area (Å²) in [5.41, 5.74) is 0.355. The fraction of sp³-hybridized carbons (Fsp3) is 0.818.